The molecule has 0 fully saturated rings. The van der Waals surface area contributed by atoms with Gasteiger partial charge in [0.25, 0.3) is 0 Å². The monoisotopic (exact) mass is 466 g/mol. The summed E-state index contributed by atoms with van der Waals surface area (Å²) in [5.74, 6) is 0.294. The lowest BCUT2D eigenvalue weighted by atomic mass is 10.2. The van der Waals surface area contributed by atoms with Crippen LogP contribution in [0.1, 0.15) is 30.0 Å². The zero-order chi connectivity index (χ0) is 23.2. The Bertz CT molecular complexity index is 1020. The molecule has 0 spiro atoms. The number of anilines is 1. The molecule has 2 N–H and O–H groups in total. The first-order valence-electron chi connectivity index (χ1n) is 8.20. The zero-order valence-corrected chi connectivity index (χ0v) is 16.2. The van der Waals surface area contributed by atoms with Crippen molar-refractivity contribution in [3.05, 3.63) is 65.1 Å². The minimum atomic E-state index is -4.54. The molecule has 1 unspecified atom stereocenters. The molecule has 3 aromatic rings. The molecular formula is C17H13ClF6N6O. The van der Waals surface area contributed by atoms with Gasteiger partial charge < -0.3 is 10.5 Å². The van der Waals surface area contributed by atoms with E-state index < -0.39 is 35.1 Å². The second-order valence-electron chi connectivity index (χ2n) is 5.71. The fourth-order valence-electron chi connectivity index (χ4n) is 1.99. The van der Waals surface area contributed by atoms with Crippen molar-refractivity contribution in [2.45, 2.75) is 25.4 Å². The summed E-state index contributed by atoms with van der Waals surface area (Å²) in [5, 5.41) is -0.403. The van der Waals surface area contributed by atoms with E-state index in [2.05, 4.69) is 24.9 Å². The van der Waals surface area contributed by atoms with Crippen LogP contribution in [0.15, 0.2) is 42.9 Å². The Labute approximate surface area is 176 Å². The van der Waals surface area contributed by atoms with Gasteiger partial charge in [0.05, 0.1) is 0 Å². The molecule has 0 radical (unpaired) electrons. The van der Waals surface area contributed by atoms with Gasteiger partial charge in [-0.1, -0.05) is 0 Å². The smallest absolute Gasteiger partial charge is 0.433 e. The topological polar surface area (TPSA) is 99.7 Å². The van der Waals surface area contributed by atoms with Crippen molar-refractivity contribution in [1.82, 2.24) is 24.9 Å². The fourth-order valence-corrected chi connectivity index (χ4v) is 2.14. The number of pyridine rings is 1. The molecule has 0 bridgehead atoms. The van der Waals surface area contributed by atoms with E-state index in [0.29, 0.717) is 11.4 Å². The van der Waals surface area contributed by atoms with E-state index in [-0.39, 0.29) is 6.01 Å². The summed E-state index contributed by atoms with van der Waals surface area (Å²) in [6.45, 7) is 1.65. The molecule has 31 heavy (non-hydrogen) atoms. The number of halogens is 7. The van der Waals surface area contributed by atoms with Crippen LogP contribution in [0.2, 0.25) is 5.28 Å². The molecule has 3 aromatic heterocycles. The zero-order valence-electron chi connectivity index (χ0n) is 15.5. The number of nitrogens with zero attached hydrogens (tertiary/aromatic N) is 5. The predicted octanol–water partition coefficient (Wildman–Crippen LogP) is 4.76. The second-order valence-corrected chi connectivity index (χ2v) is 6.04. The largest absolute Gasteiger partial charge is 0.456 e. The van der Waals surface area contributed by atoms with Gasteiger partial charge in [-0.05, 0) is 48.4 Å². The van der Waals surface area contributed by atoms with E-state index >= 15 is 0 Å². The number of hydrogen-bond acceptors (Lipinski definition) is 7. The van der Waals surface area contributed by atoms with Gasteiger partial charge in [0.15, 0.2) is 5.69 Å². The molecule has 0 saturated heterocycles. The second kappa shape index (κ2) is 9.73. The molecule has 0 amide bonds. The molecule has 166 valence electrons. The van der Waals surface area contributed by atoms with Crippen LogP contribution in [0.5, 0.6) is 6.01 Å². The first kappa shape index (κ1) is 24.1. The van der Waals surface area contributed by atoms with Crippen molar-refractivity contribution >= 4 is 17.4 Å². The van der Waals surface area contributed by atoms with Crippen LogP contribution in [0, 0.1) is 0 Å². The number of alkyl halides is 6. The summed E-state index contributed by atoms with van der Waals surface area (Å²) in [4.78, 5) is 17.1. The summed E-state index contributed by atoms with van der Waals surface area (Å²) in [7, 11) is 0. The van der Waals surface area contributed by atoms with Crippen molar-refractivity contribution in [2.24, 2.45) is 0 Å². The van der Waals surface area contributed by atoms with Crippen LogP contribution in [0.25, 0.3) is 0 Å². The molecular weight excluding hydrogens is 454 g/mol. The Morgan fingerprint density at radius 1 is 0.871 bits per heavy atom. The number of ether oxygens (including phenoxy) is 1. The highest BCUT2D eigenvalue weighted by molar-refractivity contribution is 6.28. The summed E-state index contributed by atoms with van der Waals surface area (Å²) in [6, 6.07) is 4.41. The third-order valence-corrected chi connectivity index (χ3v) is 3.58. The Hall–Kier alpha value is -3.22. The maximum absolute atomic E-state index is 12.5. The lowest BCUT2D eigenvalue weighted by Gasteiger charge is -2.14. The van der Waals surface area contributed by atoms with Crippen molar-refractivity contribution < 1.29 is 31.1 Å². The average Bonchev–Trinajstić information content (AvgIpc) is 2.67. The van der Waals surface area contributed by atoms with Gasteiger partial charge in [0.1, 0.15) is 17.6 Å². The van der Waals surface area contributed by atoms with E-state index in [4.69, 9.17) is 22.1 Å². The normalized spacial score (nSPS) is 12.5. The van der Waals surface area contributed by atoms with Crippen LogP contribution in [0.3, 0.4) is 0 Å². The minimum Gasteiger partial charge on any atom is -0.456 e. The molecule has 14 heteroatoms. The molecule has 1 atom stereocenters. The van der Waals surface area contributed by atoms with Crippen molar-refractivity contribution in [2.75, 3.05) is 5.73 Å². The van der Waals surface area contributed by atoms with E-state index in [0.717, 1.165) is 24.5 Å². The standard InChI is InChI=1S/C12H11F3N4O.C5H2ClF3N2/c1-7(8-2-4-17-10(16)6-8)20-11-18-5-3-9(19-11)12(13,14)15;6-4-10-2-1-3(11-4)5(7,8)9/h2-7H,1H3,(H2,16,17);1-2H. The molecule has 0 saturated carbocycles. The van der Waals surface area contributed by atoms with Crippen molar-refractivity contribution in [3.8, 4) is 6.01 Å². The van der Waals surface area contributed by atoms with Gasteiger partial charge in [-0.25, -0.2) is 19.9 Å². The molecule has 0 aliphatic carbocycles. The number of nitrogens with two attached hydrogens (primary N) is 1. The van der Waals surface area contributed by atoms with E-state index in [1.54, 1.807) is 19.1 Å². The van der Waals surface area contributed by atoms with Gasteiger partial charge in [-0.15, -0.1) is 0 Å². The van der Waals surface area contributed by atoms with Gasteiger partial charge in [-0.3, -0.25) is 0 Å². The van der Waals surface area contributed by atoms with Crippen LogP contribution in [0.4, 0.5) is 32.2 Å². The average molecular weight is 467 g/mol. The molecule has 0 aliphatic rings. The maximum atomic E-state index is 12.5. The molecule has 0 aromatic carbocycles. The molecule has 3 heterocycles. The van der Waals surface area contributed by atoms with Gasteiger partial charge >= 0.3 is 18.4 Å². The highest BCUT2D eigenvalue weighted by Gasteiger charge is 2.33. The summed E-state index contributed by atoms with van der Waals surface area (Å²) < 4.78 is 78.3. The van der Waals surface area contributed by atoms with Gasteiger partial charge in [-0.2, -0.15) is 31.3 Å². The van der Waals surface area contributed by atoms with Crippen molar-refractivity contribution in [3.63, 3.8) is 0 Å². The predicted molar refractivity (Wildman–Crippen MR) is 96.8 cm³/mol. The van der Waals surface area contributed by atoms with Gasteiger partial charge in [0, 0.05) is 18.6 Å². The fraction of sp³-hybridized carbons (Fsp3) is 0.235. The first-order valence-corrected chi connectivity index (χ1v) is 8.58. The van der Waals surface area contributed by atoms with Crippen LogP contribution in [-0.4, -0.2) is 24.9 Å². The number of rotatable bonds is 3. The van der Waals surface area contributed by atoms with Crippen LogP contribution >= 0.6 is 11.6 Å². The third kappa shape index (κ3) is 7.51. The highest BCUT2D eigenvalue weighted by atomic mass is 35.5. The summed E-state index contributed by atoms with van der Waals surface area (Å²) >= 11 is 5.13. The lowest BCUT2D eigenvalue weighted by molar-refractivity contribution is -0.142. The van der Waals surface area contributed by atoms with Gasteiger partial charge in [0.2, 0.25) is 5.28 Å². The lowest BCUT2D eigenvalue weighted by Crippen LogP contribution is -2.11. The molecule has 7 nitrogen and oxygen atoms in total. The molecule has 3 rings (SSSR count). The van der Waals surface area contributed by atoms with E-state index in [1.807, 2.05) is 0 Å². The minimum absolute atomic E-state index is 0.294. The first-order chi connectivity index (χ1) is 14.4. The Morgan fingerprint density at radius 3 is 1.94 bits per heavy atom. The van der Waals surface area contributed by atoms with Crippen molar-refractivity contribution in [1.29, 1.82) is 0 Å². The number of nitrogen functional groups attached to an aromatic ring is 1. The van der Waals surface area contributed by atoms with E-state index in [9.17, 15) is 26.3 Å². The highest BCUT2D eigenvalue weighted by Crippen LogP contribution is 2.29. The Kier molecular flexibility index (Phi) is 7.55. The maximum Gasteiger partial charge on any atom is 0.433 e. The third-order valence-electron chi connectivity index (χ3n) is 3.40. The summed E-state index contributed by atoms with van der Waals surface area (Å²) in [6.07, 6.45) is -6.10. The Morgan fingerprint density at radius 2 is 1.42 bits per heavy atom. The SMILES string of the molecule is CC(Oc1nccc(C(F)(F)F)n1)c1ccnc(N)c1.FC(F)(F)c1ccnc(Cl)n1. The number of aromatic nitrogens is 5. The summed E-state index contributed by atoms with van der Waals surface area (Å²) in [5.41, 5.74) is 4.11. The van der Waals surface area contributed by atoms with Crippen LogP contribution < -0.4 is 10.5 Å². The number of hydrogen-bond donors (Lipinski definition) is 1. The Balaban J connectivity index is 0.000000262. The quantitative estimate of drug-likeness (QED) is 0.438. The van der Waals surface area contributed by atoms with E-state index in [1.165, 1.54) is 6.20 Å². The molecule has 0 aliphatic heterocycles. The van der Waals surface area contributed by atoms with Crippen LogP contribution in [-0.2, 0) is 12.4 Å².